The number of rotatable bonds is 19. The van der Waals surface area contributed by atoms with Gasteiger partial charge in [-0.25, -0.2) is 38.5 Å². The lowest BCUT2D eigenvalue weighted by Crippen LogP contribution is -2.34. The Labute approximate surface area is 829 Å². The Hall–Kier alpha value is -13.4. The molecule has 8 atom stereocenters. The van der Waals surface area contributed by atoms with E-state index >= 15 is 0 Å². The third-order valence-corrected chi connectivity index (χ3v) is 24.9. The zero-order valence-corrected chi connectivity index (χ0v) is 83.2. The Morgan fingerprint density at radius 1 is 0.540 bits per heavy atom. The maximum atomic E-state index is 13.4. The molecule has 5 aromatic heterocycles. The summed E-state index contributed by atoms with van der Waals surface area (Å²) in [5, 5.41) is 41.9. The number of allylic oxidation sites excluding steroid dienone is 12. The number of benzene rings is 4. The molecule has 8 N–H and O–H groups in total. The van der Waals surface area contributed by atoms with Crippen molar-refractivity contribution in [3.63, 3.8) is 0 Å². The summed E-state index contributed by atoms with van der Waals surface area (Å²) in [5.41, 5.74) is 12.8. The molecule has 139 heavy (non-hydrogen) atoms. The molecule has 0 saturated carbocycles. The van der Waals surface area contributed by atoms with E-state index in [0.717, 1.165) is 91.7 Å². The van der Waals surface area contributed by atoms with Crippen molar-refractivity contribution in [1.82, 2.24) is 44.6 Å². The van der Waals surface area contributed by atoms with E-state index in [1.165, 1.54) is 24.1 Å². The minimum absolute atomic E-state index is 0.0778. The van der Waals surface area contributed by atoms with Gasteiger partial charge in [0.2, 0.25) is 0 Å². The molecular formula is C102H110Cl5F3N17O12+. The molecule has 0 bridgehead atoms. The van der Waals surface area contributed by atoms with Crippen LogP contribution >= 0.6 is 58.0 Å². The van der Waals surface area contributed by atoms with Gasteiger partial charge in [-0.3, -0.25) is 10.2 Å². The van der Waals surface area contributed by atoms with Gasteiger partial charge in [0, 0.05) is 95.7 Å². The second kappa shape index (κ2) is 45.9. The number of hydrogen-bond acceptors (Lipinski definition) is 21. The first kappa shape index (κ1) is 105. The normalized spacial score (nSPS) is 18.8. The van der Waals surface area contributed by atoms with E-state index < -0.39 is 88.5 Å². The molecule has 10 heterocycles. The number of nitrogens with zero attached hydrogens (tertiary/aromatic N) is 9. The van der Waals surface area contributed by atoms with Crippen molar-refractivity contribution in [3.05, 3.63) is 321 Å². The van der Waals surface area contributed by atoms with E-state index in [4.69, 9.17) is 99.6 Å². The average Bonchev–Trinajstić information content (AvgIpc) is 1.67. The first-order valence-electron chi connectivity index (χ1n) is 45.5. The first-order chi connectivity index (χ1) is 66.4. The third kappa shape index (κ3) is 23.5. The number of carbonyl (C=O) groups is 6. The number of esters is 3. The minimum atomic E-state index is -4.47. The summed E-state index contributed by atoms with van der Waals surface area (Å²) < 4.78 is 75.8. The van der Waals surface area contributed by atoms with Crippen molar-refractivity contribution in [3.8, 4) is 0 Å². The van der Waals surface area contributed by atoms with Gasteiger partial charge in [0.05, 0.1) is 104 Å². The number of nitrogens with one attached hydrogen (secondary N) is 8. The number of alkyl halides is 5. The summed E-state index contributed by atoms with van der Waals surface area (Å²) >= 11 is 32.4. The molecule has 2 aliphatic carbocycles. The van der Waals surface area contributed by atoms with Crippen molar-refractivity contribution >= 4 is 129 Å². The summed E-state index contributed by atoms with van der Waals surface area (Å²) in [5.74, 6) is -2.28. The smallest absolute Gasteiger partial charge is 0.463 e. The molecule has 37 heteroatoms. The SMILES string of the molecule is CCCC1=C(C(=O)OCC)C(c2ccccc2Cl)c2c[nH+]n(C(=O)OC(C)(C)C)c2N1.CCCC1=C(C(=O)OCC)C(c2ccccc2Cl)c2cn(C(=O)OC(C)(C)C)nc2N1.CCCC1=C(C(=O)OCC)C(c2ccccc2Cl)c2cnn(C(=O)OC)c2N1.[C-]#[N+]C1=C(C(C)C)Nc2[nH]ncc2C1C1=CC=CCC1Cl.[C-]#[N+]C1=C(c2ccccc2)Nc2[nH]ncc2C1C1=CC=CC(C(F)(F)F)C1Cl. The fourth-order valence-corrected chi connectivity index (χ4v) is 18.6. The quantitative estimate of drug-likeness (QED) is 0.0171. The molecule has 16 rings (SSSR count). The molecule has 5 aliphatic heterocycles. The van der Waals surface area contributed by atoms with Crippen molar-refractivity contribution in [2.75, 3.05) is 53.5 Å². The van der Waals surface area contributed by atoms with E-state index in [1.54, 1.807) is 90.6 Å². The number of ether oxygens (including phenoxy) is 6. The van der Waals surface area contributed by atoms with E-state index in [0.29, 0.717) is 125 Å². The summed E-state index contributed by atoms with van der Waals surface area (Å²) in [4.78, 5) is 84.1. The molecule has 4 aromatic carbocycles. The second-order valence-corrected chi connectivity index (χ2v) is 37.3. The molecule has 0 amide bonds. The van der Waals surface area contributed by atoms with Crippen molar-refractivity contribution in [2.45, 2.75) is 200 Å². The molecule has 730 valence electrons. The Morgan fingerprint density at radius 2 is 1.01 bits per heavy atom. The van der Waals surface area contributed by atoms with Gasteiger partial charge in [-0.1, -0.05) is 210 Å². The predicted molar refractivity (Wildman–Crippen MR) is 529 cm³/mol. The number of hydrogen-bond donors (Lipinski definition) is 7. The topological polar surface area (TPSA) is 339 Å². The van der Waals surface area contributed by atoms with Crippen LogP contribution in [0.25, 0.3) is 15.4 Å². The van der Waals surface area contributed by atoms with Crippen LogP contribution in [-0.4, -0.2) is 136 Å². The fourth-order valence-electron chi connectivity index (χ4n) is 17.1. The maximum absolute atomic E-state index is 13.4. The largest absolute Gasteiger partial charge is 0.470 e. The van der Waals surface area contributed by atoms with Gasteiger partial charge in [0.15, 0.2) is 29.2 Å². The van der Waals surface area contributed by atoms with Gasteiger partial charge >= 0.3 is 42.4 Å². The summed E-state index contributed by atoms with van der Waals surface area (Å²) in [7, 11) is 1.29. The highest BCUT2D eigenvalue weighted by molar-refractivity contribution is 6.32. The van der Waals surface area contributed by atoms with Crippen LogP contribution in [0.1, 0.15) is 222 Å². The third-order valence-electron chi connectivity index (χ3n) is 23.0. The number of carbonyl (C=O) groups excluding carboxylic acids is 6. The molecule has 0 fully saturated rings. The van der Waals surface area contributed by atoms with Crippen molar-refractivity contribution < 1.29 is 75.5 Å². The molecule has 0 radical (unpaired) electrons. The fraction of sp³-hybridized carbons (Fsp3) is 0.363. The van der Waals surface area contributed by atoms with Gasteiger partial charge in [-0.15, -0.1) is 38.1 Å². The molecule has 8 unspecified atom stereocenters. The summed E-state index contributed by atoms with van der Waals surface area (Å²) in [6, 6.07) is 31.2. The van der Waals surface area contributed by atoms with Crippen molar-refractivity contribution in [1.29, 1.82) is 0 Å². The van der Waals surface area contributed by atoms with Crippen LogP contribution in [0, 0.1) is 25.0 Å². The van der Waals surface area contributed by atoms with E-state index in [1.807, 2.05) is 139 Å². The van der Waals surface area contributed by atoms with Gasteiger partial charge < -0.3 is 55.0 Å². The van der Waals surface area contributed by atoms with Crippen LogP contribution in [-0.2, 0) is 42.8 Å². The molecule has 0 spiro atoms. The Balaban J connectivity index is 0.000000156. The number of fused-ring (bicyclic) bond motifs is 5. The molecule has 7 aliphatic rings. The maximum Gasteiger partial charge on any atom is 0.470 e. The van der Waals surface area contributed by atoms with Gasteiger partial charge in [0.25, 0.3) is 0 Å². The highest BCUT2D eigenvalue weighted by Gasteiger charge is 2.49. The van der Waals surface area contributed by atoms with Crippen LogP contribution in [0.15, 0.2) is 233 Å². The summed E-state index contributed by atoms with van der Waals surface area (Å²) in [6.45, 7) is 42.5. The molecular weight excluding hydrogens is 1890 g/mol. The van der Waals surface area contributed by atoms with Crippen molar-refractivity contribution in [2.24, 2.45) is 11.8 Å². The number of anilines is 5. The lowest BCUT2D eigenvalue weighted by Gasteiger charge is -2.33. The Bertz CT molecular complexity index is 6430. The highest BCUT2D eigenvalue weighted by atomic mass is 35.5. The number of methoxy groups -OCH3 is 1. The second-order valence-electron chi connectivity index (χ2n) is 35.0. The van der Waals surface area contributed by atoms with Crippen LogP contribution < -0.4 is 31.7 Å². The molecule has 29 nitrogen and oxygen atoms in total. The lowest BCUT2D eigenvalue weighted by atomic mass is 9.79. The lowest BCUT2D eigenvalue weighted by molar-refractivity contribution is -0.473. The average molecular weight is 2000 g/mol. The van der Waals surface area contributed by atoms with E-state index in [-0.39, 0.29) is 42.7 Å². The Morgan fingerprint density at radius 3 is 1.48 bits per heavy atom. The number of aromatic nitrogens is 10. The zero-order valence-electron chi connectivity index (χ0n) is 79.4. The Kier molecular flexibility index (Phi) is 34.5. The first-order valence-corrected chi connectivity index (χ1v) is 47.5. The number of aromatic amines is 3. The van der Waals surface area contributed by atoms with Gasteiger partial charge in [-0.05, 0) is 150 Å². The van der Waals surface area contributed by atoms with Crippen LogP contribution in [0.2, 0.25) is 15.1 Å². The monoisotopic (exact) mass is 2000 g/mol. The highest BCUT2D eigenvalue weighted by Crippen LogP contribution is 2.54. The molecule has 0 saturated heterocycles. The van der Waals surface area contributed by atoms with Crippen LogP contribution in [0.4, 0.5) is 56.6 Å². The van der Waals surface area contributed by atoms with E-state index in [2.05, 4.69) is 91.9 Å². The molecule has 9 aromatic rings. The number of H-pyrrole nitrogens is 3. The van der Waals surface area contributed by atoms with Crippen LogP contribution in [0.3, 0.4) is 0 Å². The van der Waals surface area contributed by atoms with E-state index in [9.17, 15) is 41.9 Å². The summed E-state index contributed by atoms with van der Waals surface area (Å²) in [6.07, 6.45) is 17.0. The van der Waals surface area contributed by atoms with Gasteiger partial charge in [-0.2, -0.15) is 33.1 Å². The number of halogens is 8. The minimum Gasteiger partial charge on any atom is -0.463 e. The van der Waals surface area contributed by atoms with Gasteiger partial charge in [0.1, 0.15) is 28.7 Å². The van der Waals surface area contributed by atoms with Crippen LogP contribution in [0.5, 0.6) is 0 Å². The standard InChI is InChI=1S/2C23H28ClN3O4.C20H14ClF3N4.C20H22ClN3O4.C16H17ClN4/c1-6-10-17-19(21(28)30-7-2)18(14-11-8-9-12-16(14)24)15-13-27(26-20(15)25-17)22(29)31-23(3,4)5;1-6-10-17-19(21(28)30-7-2)18(14-11-8-9-12-16(14)24)15-13-25-27(20(15)26-17)22(29)31-23(3,4)5;1-25-18-15(12-8-5-9-14(16(12)21)20(22,23)24)13-10-26-28-19(13)27-17(18)11-6-3-2-4-7-11;1-4-8-15-17(19(25)28-5-2)16(12-9-6-7-10-14(12)21)13-11-22-24(18(13)23-15)20(26)27-3;1-9(2)14-15(18-3)13(10-6-4-5-7-12(10)17)11-8-19-21-16(11)20-14/h8-9,11-13,18H,6-7,10H2,1-5H3,(H,25,26);8-9,11-13,18,26H,6-7,10H2,1-5H3;2-10,14-16H,(H2,26,27,28);6-7,9-11,16,23H,4-5,8H2,1-3H3;4-6,8-9,12-13H,7H2,1-2H3,(H2,19,20,21)/p+1. The zero-order chi connectivity index (χ0) is 101. The predicted octanol–water partition coefficient (Wildman–Crippen LogP) is 24.4.